The Labute approximate surface area is 127 Å². The van der Waals surface area contributed by atoms with Gasteiger partial charge >= 0.3 is 0 Å². The zero-order valence-corrected chi connectivity index (χ0v) is 12.3. The fourth-order valence-corrected chi connectivity index (χ4v) is 2.31. The lowest BCUT2D eigenvalue weighted by atomic mass is 10.1. The highest BCUT2D eigenvalue weighted by Gasteiger charge is 2.18. The molecule has 0 radical (unpaired) electrons. The van der Waals surface area contributed by atoms with Gasteiger partial charge in [-0.25, -0.2) is 0 Å². The molecule has 0 aliphatic heterocycles. The van der Waals surface area contributed by atoms with E-state index in [0.29, 0.717) is 11.4 Å². The third-order valence-corrected chi connectivity index (χ3v) is 3.41. The van der Waals surface area contributed by atoms with Gasteiger partial charge in [-0.2, -0.15) is 10.4 Å². The fourth-order valence-electron chi connectivity index (χ4n) is 2.31. The van der Waals surface area contributed by atoms with E-state index in [2.05, 4.69) is 10.4 Å². The number of aryl methyl sites for hydroxylation is 2. The largest absolute Gasteiger partial charge is 0.451 e. The summed E-state index contributed by atoms with van der Waals surface area (Å²) in [4.78, 5) is 12.3. The van der Waals surface area contributed by atoms with Crippen molar-refractivity contribution in [3.8, 4) is 6.07 Å². The monoisotopic (exact) mass is 294 g/mol. The van der Waals surface area contributed by atoms with E-state index >= 15 is 0 Å². The van der Waals surface area contributed by atoms with Crippen molar-refractivity contribution in [2.45, 2.75) is 20.4 Å². The maximum absolute atomic E-state index is 12.3. The lowest BCUT2D eigenvalue weighted by Gasteiger charge is -1.99. The molecule has 0 saturated heterocycles. The highest BCUT2D eigenvalue weighted by molar-refractivity contribution is 6.06. The minimum absolute atomic E-state index is 0.138. The van der Waals surface area contributed by atoms with Crippen molar-refractivity contribution in [2.24, 2.45) is 0 Å². The van der Waals surface area contributed by atoms with Crippen molar-refractivity contribution in [3.63, 3.8) is 0 Å². The Balaban J connectivity index is 1.88. The first kappa shape index (κ1) is 13.9. The molecule has 0 aliphatic carbocycles. The maximum atomic E-state index is 12.3. The Morgan fingerprint density at radius 3 is 3.00 bits per heavy atom. The summed E-state index contributed by atoms with van der Waals surface area (Å²) in [6, 6.07) is 9.45. The molecule has 0 bridgehead atoms. The molecule has 110 valence electrons. The summed E-state index contributed by atoms with van der Waals surface area (Å²) >= 11 is 0. The number of hydrogen-bond acceptors (Lipinski definition) is 4. The zero-order chi connectivity index (χ0) is 15.7. The van der Waals surface area contributed by atoms with Crippen LogP contribution in [0.4, 0.5) is 5.82 Å². The molecular weight excluding hydrogens is 280 g/mol. The minimum atomic E-state index is -0.353. The van der Waals surface area contributed by atoms with Crippen molar-refractivity contribution in [1.29, 1.82) is 5.26 Å². The van der Waals surface area contributed by atoms with Gasteiger partial charge in [0.1, 0.15) is 12.1 Å². The van der Waals surface area contributed by atoms with Gasteiger partial charge in [-0.3, -0.25) is 9.48 Å². The van der Waals surface area contributed by atoms with Crippen molar-refractivity contribution in [1.82, 2.24) is 9.78 Å². The molecule has 0 spiro atoms. The molecule has 0 fully saturated rings. The van der Waals surface area contributed by atoms with E-state index in [1.165, 1.54) is 4.68 Å². The number of hydrogen-bond donors (Lipinski definition) is 1. The van der Waals surface area contributed by atoms with Gasteiger partial charge in [0.15, 0.2) is 11.6 Å². The number of aromatic nitrogens is 2. The lowest BCUT2D eigenvalue weighted by molar-refractivity contribution is 0.0997. The van der Waals surface area contributed by atoms with Crippen LogP contribution in [0.3, 0.4) is 0 Å². The topological polar surface area (TPSA) is 83.9 Å². The Bertz CT molecular complexity index is 899. The second-order valence-corrected chi connectivity index (χ2v) is 5.07. The molecule has 0 atom stereocenters. The number of fused-ring (bicyclic) bond motifs is 1. The van der Waals surface area contributed by atoms with Crippen LogP contribution in [0.1, 0.15) is 21.7 Å². The van der Waals surface area contributed by atoms with Crippen molar-refractivity contribution < 1.29 is 9.21 Å². The summed E-state index contributed by atoms with van der Waals surface area (Å²) in [7, 11) is 0. The Morgan fingerprint density at radius 1 is 1.41 bits per heavy atom. The van der Waals surface area contributed by atoms with Crippen LogP contribution in [0.25, 0.3) is 11.0 Å². The van der Waals surface area contributed by atoms with Gasteiger partial charge in [-0.15, -0.1) is 0 Å². The number of benzene rings is 1. The number of carbonyl (C=O) groups excluding carboxylic acids is 1. The smallest absolute Gasteiger partial charge is 0.292 e. The molecule has 0 unspecified atom stereocenters. The second kappa shape index (κ2) is 5.37. The van der Waals surface area contributed by atoms with Gasteiger partial charge in [0.25, 0.3) is 5.91 Å². The van der Waals surface area contributed by atoms with Gasteiger partial charge in [0, 0.05) is 23.2 Å². The third kappa shape index (κ3) is 2.44. The number of nitriles is 1. The van der Waals surface area contributed by atoms with E-state index in [4.69, 9.17) is 9.68 Å². The summed E-state index contributed by atoms with van der Waals surface area (Å²) in [5, 5.41) is 16.3. The Kier molecular flexibility index (Phi) is 3.39. The number of furan rings is 1. The number of nitrogens with zero attached hydrogens (tertiary/aromatic N) is 3. The molecule has 3 rings (SSSR count). The maximum Gasteiger partial charge on any atom is 0.292 e. The molecule has 1 N–H and O–H groups in total. The highest BCUT2D eigenvalue weighted by Crippen LogP contribution is 2.26. The number of rotatable bonds is 3. The number of nitrogens with one attached hydrogen (secondary N) is 1. The Morgan fingerprint density at radius 2 is 2.23 bits per heavy atom. The van der Waals surface area contributed by atoms with Crippen molar-refractivity contribution >= 4 is 22.7 Å². The van der Waals surface area contributed by atoms with Crippen LogP contribution in [-0.4, -0.2) is 15.7 Å². The van der Waals surface area contributed by atoms with Gasteiger partial charge in [-0.1, -0.05) is 12.1 Å². The van der Waals surface area contributed by atoms with E-state index in [1.807, 2.05) is 38.1 Å². The molecule has 6 nitrogen and oxygen atoms in total. The quantitative estimate of drug-likeness (QED) is 0.804. The Hall–Kier alpha value is -3.07. The van der Waals surface area contributed by atoms with Gasteiger partial charge in [0.05, 0.1) is 6.07 Å². The molecule has 2 aromatic heterocycles. The summed E-state index contributed by atoms with van der Waals surface area (Å²) < 4.78 is 7.12. The first-order chi connectivity index (χ1) is 10.6. The van der Waals surface area contributed by atoms with Crippen molar-refractivity contribution in [2.75, 3.05) is 5.32 Å². The normalized spacial score (nSPS) is 10.6. The van der Waals surface area contributed by atoms with Gasteiger partial charge in [0.2, 0.25) is 0 Å². The standard InChI is InChI=1S/C16H14N4O2/c1-10-3-4-12-11(2)15(22-13(12)9-10)16(21)18-14-5-7-20(19-14)8-6-17/h3-5,7,9H,8H2,1-2H3,(H,18,19,21). The average molecular weight is 294 g/mol. The van der Waals surface area contributed by atoms with Crippen LogP contribution in [-0.2, 0) is 6.54 Å². The molecule has 2 heterocycles. The lowest BCUT2D eigenvalue weighted by Crippen LogP contribution is -2.13. The molecule has 0 aliphatic rings. The third-order valence-electron chi connectivity index (χ3n) is 3.41. The number of amides is 1. The van der Waals surface area contributed by atoms with Crippen LogP contribution in [0, 0.1) is 25.2 Å². The first-order valence-corrected chi connectivity index (χ1v) is 6.80. The van der Waals surface area contributed by atoms with E-state index in [-0.39, 0.29) is 18.2 Å². The van der Waals surface area contributed by atoms with Crippen LogP contribution in [0.5, 0.6) is 0 Å². The van der Waals surface area contributed by atoms with E-state index in [9.17, 15) is 4.79 Å². The van der Waals surface area contributed by atoms with E-state index in [1.54, 1.807) is 12.3 Å². The number of carbonyl (C=O) groups is 1. The van der Waals surface area contributed by atoms with E-state index in [0.717, 1.165) is 16.5 Å². The minimum Gasteiger partial charge on any atom is -0.451 e. The summed E-state index contributed by atoms with van der Waals surface area (Å²) in [5.74, 6) is 0.306. The van der Waals surface area contributed by atoms with Crippen LogP contribution in [0.2, 0.25) is 0 Å². The summed E-state index contributed by atoms with van der Waals surface area (Å²) in [5.41, 5.74) is 2.56. The highest BCUT2D eigenvalue weighted by atomic mass is 16.3. The molecule has 6 heteroatoms. The molecule has 3 aromatic rings. The van der Waals surface area contributed by atoms with Crippen LogP contribution >= 0.6 is 0 Å². The number of anilines is 1. The van der Waals surface area contributed by atoms with E-state index < -0.39 is 0 Å². The molecule has 22 heavy (non-hydrogen) atoms. The molecule has 1 amide bonds. The summed E-state index contributed by atoms with van der Waals surface area (Å²) in [6.45, 7) is 3.96. The first-order valence-electron chi connectivity index (χ1n) is 6.80. The van der Waals surface area contributed by atoms with Crippen LogP contribution in [0.15, 0.2) is 34.9 Å². The zero-order valence-electron chi connectivity index (χ0n) is 12.3. The summed E-state index contributed by atoms with van der Waals surface area (Å²) in [6.07, 6.45) is 1.63. The molecule has 1 aromatic carbocycles. The van der Waals surface area contributed by atoms with Gasteiger partial charge in [-0.05, 0) is 25.5 Å². The van der Waals surface area contributed by atoms with Crippen molar-refractivity contribution in [3.05, 3.63) is 47.3 Å². The molecular formula is C16H14N4O2. The van der Waals surface area contributed by atoms with Gasteiger partial charge < -0.3 is 9.73 Å². The molecule has 0 saturated carbocycles. The van der Waals surface area contributed by atoms with Crippen LogP contribution < -0.4 is 5.32 Å². The second-order valence-electron chi connectivity index (χ2n) is 5.07. The fraction of sp³-hybridized carbons (Fsp3) is 0.188. The SMILES string of the molecule is Cc1ccc2c(C)c(C(=O)Nc3ccn(CC#N)n3)oc2c1. The predicted octanol–water partition coefficient (Wildman–Crippen LogP) is 3.02. The average Bonchev–Trinajstić information content (AvgIpc) is 3.04. The predicted molar refractivity (Wildman–Crippen MR) is 81.5 cm³/mol.